The molecule has 0 saturated carbocycles. The standard InChI is InChI=1S/C16H19N5O2/c1-6-21-10(4)13(8(2)19-21)12-7-11(16(22)23)14-9(3)18-20(5)15(14)17-12/h7H,6H2,1-5H3,(H,22,23). The molecule has 0 aliphatic heterocycles. The Morgan fingerprint density at radius 2 is 1.91 bits per heavy atom. The summed E-state index contributed by atoms with van der Waals surface area (Å²) in [6.07, 6.45) is 0. The molecule has 0 atom stereocenters. The molecule has 3 rings (SSSR count). The summed E-state index contributed by atoms with van der Waals surface area (Å²) in [5.74, 6) is -0.979. The van der Waals surface area contributed by atoms with Gasteiger partial charge in [-0.05, 0) is 33.8 Å². The summed E-state index contributed by atoms with van der Waals surface area (Å²) in [7, 11) is 1.77. The number of carbonyl (C=O) groups is 1. The summed E-state index contributed by atoms with van der Waals surface area (Å²) in [4.78, 5) is 16.4. The number of nitrogens with zero attached hydrogens (tertiary/aromatic N) is 5. The fourth-order valence-electron chi connectivity index (χ4n) is 3.12. The monoisotopic (exact) mass is 313 g/mol. The number of carboxylic acid groups (broad SMARTS) is 1. The molecule has 3 aromatic rings. The topological polar surface area (TPSA) is 85.8 Å². The van der Waals surface area contributed by atoms with E-state index >= 15 is 0 Å². The molecule has 0 saturated heterocycles. The molecule has 120 valence electrons. The van der Waals surface area contributed by atoms with Crippen LogP contribution in [0.5, 0.6) is 0 Å². The molecule has 0 unspecified atom stereocenters. The maximum atomic E-state index is 11.7. The largest absolute Gasteiger partial charge is 0.478 e. The van der Waals surface area contributed by atoms with Gasteiger partial charge in [-0.2, -0.15) is 10.2 Å². The summed E-state index contributed by atoms with van der Waals surface area (Å²) in [5, 5.41) is 19.0. The Balaban J connectivity index is 2.38. The lowest BCUT2D eigenvalue weighted by molar-refractivity contribution is 0.0699. The first-order valence-corrected chi connectivity index (χ1v) is 7.47. The first-order chi connectivity index (χ1) is 10.8. The Kier molecular flexibility index (Phi) is 3.43. The summed E-state index contributed by atoms with van der Waals surface area (Å²) in [5.41, 5.74) is 4.77. The van der Waals surface area contributed by atoms with Gasteiger partial charge in [-0.25, -0.2) is 9.78 Å². The summed E-state index contributed by atoms with van der Waals surface area (Å²) >= 11 is 0. The lowest BCUT2D eigenvalue weighted by Gasteiger charge is -2.06. The fourth-order valence-corrected chi connectivity index (χ4v) is 3.12. The minimum absolute atomic E-state index is 0.221. The smallest absolute Gasteiger partial charge is 0.336 e. The van der Waals surface area contributed by atoms with Gasteiger partial charge in [0.05, 0.1) is 28.0 Å². The molecule has 7 heteroatoms. The number of rotatable bonds is 3. The number of aromatic nitrogens is 5. The van der Waals surface area contributed by atoms with Crippen LogP contribution in [0.2, 0.25) is 0 Å². The predicted molar refractivity (Wildman–Crippen MR) is 86.6 cm³/mol. The van der Waals surface area contributed by atoms with Crippen molar-refractivity contribution in [3.63, 3.8) is 0 Å². The van der Waals surface area contributed by atoms with Crippen molar-refractivity contribution >= 4 is 17.0 Å². The van der Waals surface area contributed by atoms with Crippen molar-refractivity contribution < 1.29 is 9.90 Å². The highest BCUT2D eigenvalue weighted by Crippen LogP contribution is 2.30. The van der Waals surface area contributed by atoms with Crippen LogP contribution in [0.3, 0.4) is 0 Å². The molecule has 3 heterocycles. The van der Waals surface area contributed by atoms with E-state index < -0.39 is 5.97 Å². The van der Waals surface area contributed by atoms with Gasteiger partial charge in [0, 0.05) is 24.8 Å². The van der Waals surface area contributed by atoms with Crippen LogP contribution in [0.4, 0.5) is 0 Å². The first-order valence-electron chi connectivity index (χ1n) is 7.47. The molecule has 0 bridgehead atoms. The van der Waals surface area contributed by atoms with Crippen LogP contribution >= 0.6 is 0 Å². The Morgan fingerprint density at radius 1 is 1.22 bits per heavy atom. The van der Waals surface area contributed by atoms with Crippen LogP contribution < -0.4 is 0 Å². The van der Waals surface area contributed by atoms with E-state index in [4.69, 9.17) is 0 Å². The van der Waals surface area contributed by atoms with Gasteiger partial charge in [-0.3, -0.25) is 9.36 Å². The normalized spacial score (nSPS) is 11.3. The van der Waals surface area contributed by atoms with Crippen LogP contribution in [-0.4, -0.2) is 35.6 Å². The average Bonchev–Trinajstić information content (AvgIpc) is 2.94. The van der Waals surface area contributed by atoms with Crippen LogP contribution in [-0.2, 0) is 13.6 Å². The zero-order valence-electron chi connectivity index (χ0n) is 13.9. The number of hydrogen-bond acceptors (Lipinski definition) is 4. The van der Waals surface area contributed by atoms with Gasteiger partial charge in [-0.15, -0.1) is 0 Å². The predicted octanol–water partition coefficient (Wildman–Crippen LogP) is 2.48. The van der Waals surface area contributed by atoms with E-state index in [2.05, 4.69) is 15.2 Å². The van der Waals surface area contributed by atoms with Crippen molar-refractivity contribution in [2.45, 2.75) is 34.2 Å². The van der Waals surface area contributed by atoms with E-state index in [-0.39, 0.29) is 5.56 Å². The Labute approximate surface area is 133 Å². The van der Waals surface area contributed by atoms with Crippen molar-refractivity contribution in [3.05, 3.63) is 28.7 Å². The number of hydrogen-bond donors (Lipinski definition) is 1. The van der Waals surface area contributed by atoms with Gasteiger partial charge in [0.15, 0.2) is 5.65 Å². The number of aromatic carboxylic acids is 1. The Hall–Kier alpha value is -2.70. The lowest BCUT2D eigenvalue weighted by atomic mass is 10.0. The van der Waals surface area contributed by atoms with Gasteiger partial charge in [0.2, 0.25) is 0 Å². The third-order valence-electron chi connectivity index (χ3n) is 4.14. The molecule has 0 radical (unpaired) electrons. The number of aryl methyl sites for hydroxylation is 4. The van der Waals surface area contributed by atoms with E-state index in [1.54, 1.807) is 24.7 Å². The van der Waals surface area contributed by atoms with Gasteiger partial charge in [0.25, 0.3) is 0 Å². The van der Waals surface area contributed by atoms with Crippen LogP contribution in [0.15, 0.2) is 6.07 Å². The molecule has 0 aliphatic rings. The minimum Gasteiger partial charge on any atom is -0.478 e. The zero-order chi connectivity index (χ0) is 16.9. The summed E-state index contributed by atoms with van der Waals surface area (Å²) in [6, 6.07) is 1.62. The summed E-state index contributed by atoms with van der Waals surface area (Å²) in [6.45, 7) is 8.45. The number of carboxylic acids is 1. The second kappa shape index (κ2) is 5.19. The molecular weight excluding hydrogens is 294 g/mol. The molecule has 0 spiro atoms. The average molecular weight is 313 g/mol. The maximum Gasteiger partial charge on any atom is 0.336 e. The molecule has 0 aliphatic carbocycles. The molecule has 23 heavy (non-hydrogen) atoms. The highest BCUT2D eigenvalue weighted by atomic mass is 16.4. The van der Waals surface area contributed by atoms with Gasteiger partial charge < -0.3 is 5.11 Å². The highest BCUT2D eigenvalue weighted by Gasteiger charge is 2.21. The van der Waals surface area contributed by atoms with Crippen LogP contribution in [0.1, 0.15) is 34.4 Å². The number of pyridine rings is 1. The fraction of sp³-hybridized carbons (Fsp3) is 0.375. The molecule has 0 amide bonds. The van der Waals surface area contributed by atoms with Crippen molar-refractivity contribution in [1.82, 2.24) is 24.5 Å². The van der Waals surface area contributed by atoms with E-state index in [9.17, 15) is 9.90 Å². The lowest BCUT2D eigenvalue weighted by Crippen LogP contribution is -2.02. The van der Waals surface area contributed by atoms with Crippen LogP contribution in [0.25, 0.3) is 22.3 Å². The second-order valence-corrected chi connectivity index (χ2v) is 5.63. The highest BCUT2D eigenvalue weighted by molar-refractivity contribution is 6.04. The Bertz CT molecular complexity index is 936. The SMILES string of the molecule is CCn1nc(C)c(-c2cc(C(=O)O)c3c(C)nn(C)c3n2)c1C. The molecular formula is C16H19N5O2. The minimum atomic E-state index is -0.979. The molecule has 0 fully saturated rings. The number of fused-ring (bicyclic) bond motifs is 1. The molecule has 7 nitrogen and oxygen atoms in total. The quantitative estimate of drug-likeness (QED) is 0.803. The molecule has 3 aromatic heterocycles. The summed E-state index contributed by atoms with van der Waals surface area (Å²) < 4.78 is 3.51. The Morgan fingerprint density at radius 3 is 2.48 bits per heavy atom. The third kappa shape index (κ3) is 2.19. The van der Waals surface area contributed by atoms with E-state index in [0.29, 0.717) is 22.4 Å². The van der Waals surface area contributed by atoms with E-state index in [1.165, 1.54) is 0 Å². The van der Waals surface area contributed by atoms with Crippen LogP contribution in [0, 0.1) is 20.8 Å². The second-order valence-electron chi connectivity index (χ2n) is 5.63. The van der Waals surface area contributed by atoms with Gasteiger partial charge in [-0.1, -0.05) is 0 Å². The maximum absolute atomic E-state index is 11.7. The van der Waals surface area contributed by atoms with Gasteiger partial charge >= 0.3 is 5.97 Å². The van der Waals surface area contributed by atoms with Gasteiger partial charge in [0.1, 0.15) is 0 Å². The van der Waals surface area contributed by atoms with Crippen molar-refractivity contribution in [1.29, 1.82) is 0 Å². The zero-order valence-corrected chi connectivity index (χ0v) is 13.9. The van der Waals surface area contributed by atoms with Crippen molar-refractivity contribution in [2.75, 3.05) is 0 Å². The first kappa shape index (κ1) is 15.2. The van der Waals surface area contributed by atoms with Crippen molar-refractivity contribution in [3.8, 4) is 11.3 Å². The molecule has 0 aromatic carbocycles. The van der Waals surface area contributed by atoms with Crippen molar-refractivity contribution in [2.24, 2.45) is 7.05 Å². The molecule has 1 N–H and O–H groups in total. The third-order valence-corrected chi connectivity index (χ3v) is 4.14. The van der Waals surface area contributed by atoms with E-state index in [1.807, 2.05) is 25.5 Å². The van der Waals surface area contributed by atoms with E-state index in [0.717, 1.165) is 23.5 Å².